The molecule has 1 aromatic rings. The molecule has 4 nitrogen and oxygen atoms in total. The van der Waals surface area contributed by atoms with Crippen molar-refractivity contribution in [2.75, 3.05) is 19.6 Å². The highest BCUT2D eigenvalue weighted by molar-refractivity contribution is 5.76. The lowest BCUT2D eigenvalue weighted by Gasteiger charge is -2.28. The van der Waals surface area contributed by atoms with E-state index in [1.807, 2.05) is 30.3 Å². The molecule has 0 radical (unpaired) electrons. The Hall–Kier alpha value is -1.39. The minimum absolute atomic E-state index is 0.0808. The van der Waals surface area contributed by atoms with E-state index in [2.05, 4.69) is 17.1 Å². The lowest BCUT2D eigenvalue weighted by Crippen LogP contribution is -2.46. The molecule has 0 bridgehead atoms. The van der Waals surface area contributed by atoms with Crippen molar-refractivity contribution in [3.8, 4) is 0 Å². The van der Waals surface area contributed by atoms with Crippen LogP contribution in [0.4, 0.5) is 0 Å². The third-order valence-corrected chi connectivity index (χ3v) is 7.03. The topological polar surface area (TPSA) is 52.6 Å². The van der Waals surface area contributed by atoms with Gasteiger partial charge in [0.05, 0.1) is 6.04 Å². The minimum atomic E-state index is -0.664. The van der Waals surface area contributed by atoms with Gasteiger partial charge >= 0.3 is 0 Å². The molecule has 0 saturated carbocycles. The van der Waals surface area contributed by atoms with Crippen molar-refractivity contribution in [2.24, 2.45) is 0 Å². The average molecular weight is 459 g/mol. The van der Waals surface area contributed by atoms with Crippen molar-refractivity contribution in [1.29, 1.82) is 0 Å². The fourth-order valence-electron chi connectivity index (χ4n) is 4.93. The Morgan fingerprint density at radius 2 is 1.36 bits per heavy atom. The van der Waals surface area contributed by atoms with Gasteiger partial charge in [-0.2, -0.15) is 0 Å². The van der Waals surface area contributed by atoms with Crippen LogP contribution >= 0.6 is 0 Å². The van der Waals surface area contributed by atoms with Gasteiger partial charge in [0.2, 0.25) is 5.91 Å². The molecular weight excluding hydrogens is 408 g/mol. The first-order valence-corrected chi connectivity index (χ1v) is 14.0. The molecule has 1 aromatic carbocycles. The summed E-state index contributed by atoms with van der Waals surface area (Å²) in [5.41, 5.74) is 0.878. The Balaban J connectivity index is 1.56. The molecule has 1 aliphatic rings. The normalized spacial score (nSPS) is 16.1. The van der Waals surface area contributed by atoms with E-state index >= 15 is 0 Å². The van der Waals surface area contributed by atoms with E-state index in [0.717, 1.165) is 38.0 Å². The van der Waals surface area contributed by atoms with Crippen LogP contribution in [0.25, 0.3) is 0 Å². The number of carbonyl (C=O) groups excluding carboxylic acids is 1. The Morgan fingerprint density at radius 3 is 1.91 bits per heavy atom. The molecule has 1 amide bonds. The van der Waals surface area contributed by atoms with Crippen LogP contribution in [0.5, 0.6) is 0 Å². The van der Waals surface area contributed by atoms with E-state index in [9.17, 15) is 9.90 Å². The van der Waals surface area contributed by atoms with Crippen LogP contribution in [-0.2, 0) is 4.79 Å². The van der Waals surface area contributed by atoms with Gasteiger partial charge in [0.25, 0.3) is 0 Å². The monoisotopic (exact) mass is 458 g/mol. The van der Waals surface area contributed by atoms with Gasteiger partial charge in [-0.25, -0.2) is 0 Å². The number of rotatable bonds is 19. The van der Waals surface area contributed by atoms with Crippen LogP contribution in [0.3, 0.4) is 0 Å². The summed E-state index contributed by atoms with van der Waals surface area (Å²) in [5, 5.41) is 14.1. The standard InChI is InChI=1S/C29H50N2O2/c1-2-3-4-5-6-7-8-9-10-11-12-13-17-22-28(32)30-27(25-31-23-18-19-24-31)29(33)26-20-15-14-16-21-26/h14-16,20-21,27,29,33H,2-13,17-19,22-25H2,1H3,(H,30,32)/t27-,29+/m0/s1. The van der Waals surface area contributed by atoms with E-state index in [0.29, 0.717) is 6.42 Å². The summed E-state index contributed by atoms with van der Waals surface area (Å²) in [7, 11) is 0. The molecule has 0 aliphatic carbocycles. The summed E-state index contributed by atoms with van der Waals surface area (Å²) in [6.07, 6.45) is 19.4. The van der Waals surface area contributed by atoms with Gasteiger partial charge in [0.15, 0.2) is 0 Å². The summed E-state index contributed by atoms with van der Waals surface area (Å²) in [4.78, 5) is 15.0. The quantitative estimate of drug-likeness (QED) is 0.225. The molecule has 2 atom stereocenters. The third kappa shape index (κ3) is 12.6. The van der Waals surface area contributed by atoms with Gasteiger partial charge in [-0.3, -0.25) is 4.79 Å². The van der Waals surface area contributed by atoms with Crippen molar-refractivity contribution in [3.05, 3.63) is 35.9 Å². The van der Waals surface area contributed by atoms with Gasteiger partial charge in [0.1, 0.15) is 6.10 Å². The first kappa shape index (κ1) is 27.9. The second kappa shape index (κ2) is 18.0. The maximum atomic E-state index is 12.6. The van der Waals surface area contributed by atoms with Crippen LogP contribution in [0, 0.1) is 0 Å². The molecule has 188 valence electrons. The molecule has 2 N–H and O–H groups in total. The molecule has 4 heteroatoms. The first-order chi connectivity index (χ1) is 16.2. The number of aliphatic hydroxyl groups excluding tert-OH is 1. The average Bonchev–Trinajstić information content (AvgIpc) is 3.35. The van der Waals surface area contributed by atoms with Crippen LogP contribution < -0.4 is 5.32 Å². The summed E-state index contributed by atoms with van der Waals surface area (Å²) in [6.45, 7) is 5.12. The molecule has 0 spiro atoms. The fraction of sp³-hybridized carbons (Fsp3) is 0.759. The number of hydrogen-bond donors (Lipinski definition) is 2. The van der Waals surface area contributed by atoms with Crippen molar-refractivity contribution in [3.63, 3.8) is 0 Å². The van der Waals surface area contributed by atoms with Crippen molar-refractivity contribution >= 4 is 5.91 Å². The van der Waals surface area contributed by atoms with Gasteiger partial charge in [-0.05, 0) is 37.9 Å². The summed E-state index contributed by atoms with van der Waals surface area (Å²) >= 11 is 0. The molecule has 1 heterocycles. The smallest absolute Gasteiger partial charge is 0.220 e. The largest absolute Gasteiger partial charge is 0.386 e. The molecule has 33 heavy (non-hydrogen) atoms. The summed E-state index contributed by atoms with van der Waals surface area (Å²) in [5.74, 6) is 0.0808. The number of likely N-dealkylation sites (tertiary alicyclic amines) is 1. The number of benzene rings is 1. The number of carbonyl (C=O) groups is 1. The number of nitrogens with zero attached hydrogens (tertiary/aromatic N) is 1. The molecule has 0 aromatic heterocycles. The van der Waals surface area contributed by atoms with E-state index in [-0.39, 0.29) is 11.9 Å². The van der Waals surface area contributed by atoms with Gasteiger partial charge in [-0.1, -0.05) is 114 Å². The second-order valence-electron chi connectivity index (χ2n) is 10.0. The fourth-order valence-corrected chi connectivity index (χ4v) is 4.93. The Bertz CT molecular complexity index is 601. The number of aliphatic hydroxyl groups is 1. The van der Waals surface area contributed by atoms with Crippen LogP contribution in [0.15, 0.2) is 30.3 Å². The van der Waals surface area contributed by atoms with Gasteiger partial charge < -0.3 is 15.3 Å². The Morgan fingerprint density at radius 1 is 0.848 bits per heavy atom. The SMILES string of the molecule is CCCCCCCCCCCCCCCC(=O)N[C@@H](CN1CCCC1)[C@H](O)c1ccccc1. The van der Waals surface area contributed by atoms with Crippen molar-refractivity contribution in [2.45, 2.75) is 122 Å². The molecule has 0 unspecified atom stereocenters. The van der Waals surface area contributed by atoms with Crippen LogP contribution in [-0.4, -0.2) is 41.6 Å². The highest BCUT2D eigenvalue weighted by Crippen LogP contribution is 2.20. The Kier molecular flexibility index (Phi) is 15.2. The van der Waals surface area contributed by atoms with Gasteiger partial charge in [-0.15, -0.1) is 0 Å². The number of amides is 1. The summed E-state index contributed by atoms with van der Waals surface area (Å²) in [6, 6.07) is 9.49. The zero-order valence-corrected chi connectivity index (χ0v) is 21.3. The molecule has 1 saturated heterocycles. The lowest BCUT2D eigenvalue weighted by atomic mass is 10.0. The molecular formula is C29H50N2O2. The van der Waals surface area contributed by atoms with E-state index in [1.165, 1.54) is 83.5 Å². The minimum Gasteiger partial charge on any atom is -0.386 e. The predicted octanol–water partition coefficient (Wildman–Crippen LogP) is 6.78. The van der Waals surface area contributed by atoms with Crippen molar-refractivity contribution in [1.82, 2.24) is 10.2 Å². The maximum Gasteiger partial charge on any atom is 0.220 e. The van der Waals surface area contributed by atoms with E-state index in [4.69, 9.17) is 0 Å². The zero-order chi connectivity index (χ0) is 23.6. The first-order valence-electron chi connectivity index (χ1n) is 14.0. The van der Waals surface area contributed by atoms with Crippen molar-refractivity contribution < 1.29 is 9.90 Å². The summed E-state index contributed by atoms with van der Waals surface area (Å²) < 4.78 is 0. The lowest BCUT2D eigenvalue weighted by molar-refractivity contribution is -0.123. The van der Waals surface area contributed by atoms with Crippen LogP contribution in [0.2, 0.25) is 0 Å². The van der Waals surface area contributed by atoms with Gasteiger partial charge in [0, 0.05) is 13.0 Å². The number of hydrogen-bond acceptors (Lipinski definition) is 3. The molecule has 2 rings (SSSR count). The molecule has 1 fully saturated rings. The predicted molar refractivity (Wildman–Crippen MR) is 139 cm³/mol. The van der Waals surface area contributed by atoms with E-state index in [1.54, 1.807) is 0 Å². The zero-order valence-electron chi connectivity index (χ0n) is 21.3. The Labute approximate surface area is 203 Å². The number of unbranched alkanes of at least 4 members (excludes halogenated alkanes) is 12. The highest BCUT2D eigenvalue weighted by atomic mass is 16.3. The third-order valence-electron chi connectivity index (χ3n) is 7.03. The molecule has 1 aliphatic heterocycles. The highest BCUT2D eigenvalue weighted by Gasteiger charge is 2.26. The van der Waals surface area contributed by atoms with E-state index < -0.39 is 6.10 Å². The maximum absolute atomic E-state index is 12.6. The van der Waals surface area contributed by atoms with Crippen LogP contribution in [0.1, 0.15) is 121 Å². The second-order valence-corrected chi connectivity index (χ2v) is 10.0. The number of nitrogens with one attached hydrogen (secondary N) is 1.